The summed E-state index contributed by atoms with van der Waals surface area (Å²) in [5.74, 6) is -1.07. The number of anilines is 1. The normalized spacial score (nSPS) is 22.9. The van der Waals surface area contributed by atoms with Crippen LogP contribution in [0.2, 0.25) is 0 Å². The van der Waals surface area contributed by atoms with E-state index in [0.29, 0.717) is 11.6 Å². The third-order valence-corrected chi connectivity index (χ3v) is 8.07. The monoisotopic (exact) mass is 560 g/mol. The van der Waals surface area contributed by atoms with E-state index in [0.717, 1.165) is 37.1 Å². The van der Waals surface area contributed by atoms with Crippen molar-refractivity contribution in [3.8, 4) is 11.1 Å². The van der Waals surface area contributed by atoms with Crippen LogP contribution in [0, 0.1) is 11.6 Å². The minimum Gasteiger partial charge on any atom is -0.306 e. The molecular weight excluding hydrogens is 537 g/mol. The zero-order valence-corrected chi connectivity index (χ0v) is 20.1. The molecule has 1 saturated carbocycles. The predicted molar refractivity (Wildman–Crippen MR) is 130 cm³/mol. The zero-order chi connectivity index (χ0) is 22.7. The van der Waals surface area contributed by atoms with E-state index in [1.54, 1.807) is 11.1 Å². The van der Waals surface area contributed by atoms with E-state index in [2.05, 4.69) is 10.00 Å². The Labute approximate surface area is 204 Å². The van der Waals surface area contributed by atoms with Crippen molar-refractivity contribution in [2.75, 3.05) is 11.4 Å². The summed E-state index contributed by atoms with van der Waals surface area (Å²) >= 11 is 1.96. The van der Waals surface area contributed by atoms with Gasteiger partial charge in [-0.2, -0.15) is 5.10 Å². The van der Waals surface area contributed by atoms with Gasteiger partial charge in [0.15, 0.2) is 0 Å². The molecule has 33 heavy (non-hydrogen) atoms. The van der Waals surface area contributed by atoms with Gasteiger partial charge in [-0.25, -0.2) is 11.7 Å². The Morgan fingerprint density at radius 3 is 2.61 bits per heavy atom. The fourth-order valence-corrected chi connectivity index (χ4v) is 6.32. The van der Waals surface area contributed by atoms with Gasteiger partial charge in [0.05, 0.1) is 35.6 Å². The smallest absolute Gasteiger partial charge is 0.252 e. The van der Waals surface area contributed by atoms with Gasteiger partial charge in [0.25, 0.3) is 5.91 Å². The van der Waals surface area contributed by atoms with Gasteiger partial charge in [-0.1, -0.05) is 31.0 Å². The van der Waals surface area contributed by atoms with Gasteiger partial charge >= 0.3 is 0 Å². The Balaban J connectivity index is 1.35. The Bertz CT molecular complexity index is 1250. The molecule has 1 amide bonds. The van der Waals surface area contributed by atoms with Gasteiger partial charge in [-0.15, -0.1) is 0 Å². The number of amides is 1. The summed E-state index contributed by atoms with van der Waals surface area (Å²) in [7, 11) is 0. The second-order valence-electron chi connectivity index (χ2n) is 9.19. The number of fused-ring (bicyclic) bond motifs is 2. The molecule has 3 heterocycles. The largest absolute Gasteiger partial charge is 0.306 e. The van der Waals surface area contributed by atoms with Crippen LogP contribution in [0.15, 0.2) is 48.8 Å². The SMILES string of the molecule is O=C1N(Cc2cc(F)c(-c3cnn(I)c3)cc2F)c2ccccc2C12CCN2C1CCCC1. The highest BCUT2D eigenvalue weighted by Crippen LogP contribution is 2.54. The Hall–Kier alpha value is -2.33. The number of aromatic nitrogens is 2. The van der Waals surface area contributed by atoms with Crippen molar-refractivity contribution in [3.05, 3.63) is 71.6 Å². The molecule has 170 valence electrons. The lowest BCUT2D eigenvalue weighted by Crippen LogP contribution is -2.65. The second kappa shape index (κ2) is 7.87. The lowest BCUT2D eigenvalue weighted by molar-refractivity contribution is -0.143. The number of nitrogens with zero attached hydrogens (tertiary/aromatic N) is 4. The molecule has 3 aliphatic rings. The number of carbonyl (C=O) groups is 1. The molecule has 2 aromatic carbocycles. The maximum atomic E-state index is 15.1. The quantitative estimate of drug-likeness (QED) is 0.401. The summed E-state index contributed by atoms with van der Waals surface area (Å²) in [5, 5.41) is 4.03. The topological polar surface area (TPSA) is 41.4 Å². The standard InChI is InChI=1S/C25H23F2IN4O/c26-21-12-19(17-13-29-32(28)15-17)22(27)11-16(21)14-30-23-8-4-3-7-20(23)25(24(30)33)9-10-31(25)18-5-1-2-6-18/h3-4,7-8,11-13,15,18H,1-2,5-6,9-10,14H2. The number of rotatable bonds is 4. The number of hydrogen-bond donors (Lipinski definition) is 0. The molecule has 1 aliphatic carbocycles. The first kappa shape index (κ1) is 21.2. The summed E-state index contributed by atoms with van der Waals surface area (Å²) in [4.78, 5) is 17.9. The van der Waals surface area contributed by atoms with Crippen molar-refractivity contribution >= 4 is 34.5 Å². The number of likely N-dealkylation sites (tertiary alicyclic amines) is 1. The van der Waals surface area contributed by atoms with Crippen molar-refractivity contribution in [2.45, 2.75) is 50.2 Å². The third kappa shape index (κ3) is 3.17. The van der Waals surface area contributed by atoms with Crippen LogP contribution in [-0.4, -0.2) is 31.4 Å². The van der Waals surface area contributed by atoms with Crippen LogP contribution in [0.25, 0.3) is 11.1 Å². The molecule has 5 nitrogen and oxygen atoms in total. The molecule has 3 aromatic rings. The maximum absolute atomic E-state index is 15.1. The first-order valence-corrected chi connectivity index (χ1v) is 12.3. The fourth-order valence-electron chi connectivity index (χ4n) is 5.90. The van der Waals surface area contributed by atoms with Crippen LogP contribution in [0.4, 0.5) is 14.5 Å². The molecule has 1 atom stereocenters. The van der Waals surface area contributed by atoms with Gasteiger partial charge in [-0.05, 0) is 37.5 Å². The molecule has 1 aromatic heterocycles. The third-order valence-electron chi connectivity index (χ3n) is 7.54. The number of benzene rings is 2. The van der Waals surface area contributed by atoms with Crippen molar-refractivity contribution in [1.82, 2.24) is 12.9 Å². The molecule has 1 saturated heterocycles. The minimum atomic E-state index is -0.657. The zero-order valence-electron chi connectivity index (χ0n) is 18.0. The summed E-state index contributed by atoms with van der Waals surface area (Å²) < 4.78 is 31.6. The summed E-state index contributed by atoms with van der Waals surface area (Å²) in [6, 6.07) is 10.6. The first-order chi connectivity index (χ1) is 16.0. The fraction of sp³-hybridized carbons (Fsp3) is 0.360. The van der Waals surface area contributed by atoms with Crippen LogP contribution >= 0.6 is 22.9 Å². The van der Waals surface area contributed by atoms with E-state index in [-0.39, 0.29) is 23.6 Å². The molecular formula is C25H23F2IN4O. The molecule has 1 unspecified atom stereocenters. The van der Waals surface area contributed by atoms with Crippen LogP contribution in [-0.2, 0) is 16.9 Å². The lowest BCUT2D eigenvalue weighted by Gasteiger charge is -2.52. The Morgan fingerprint density at radius 2 is 1.91 bits per heavy atom. The van der Waals surface area contributed by atoms with Crippen molar-refractivity contribution < 1.29 is 13.6 Å². The van der Waals surface area contributed by atoms with Crippen LogP contribution in [0.1, 0.15) is 43.2 Å². The van der Waals surface area contributed by atoms with Gasteiger partial charge < -0.3 is 4.90 Å². The second-order valence-corrected chi connectivity index (χ2v) is 10.2. The van der Waals surface area contributed by atoms with E-state index in [1.165, 1.54) is 34.1 Å². The molecule has 2 fully saturated rings. The van der Waals surface area contributed by atoms with E-state index >= 15 is 4.39 Å². The van der Waals surface area contributed by atoms with Gasteiger partial charge in [0.2, 0.25) is 0 Å². The first-order valence-electron chi connectivity index (χ1n) is 11.4. The molecule has 0 radical (unpaired) electrons. The highest BCUT2D eigenvalue weighted by molar-refractivity contribution is 14.1. The molecule has 6 rings (SSSR count). The predicted octanol–water partition coefficient (Wildman–Crippen LogP) is 5.42. The van der Waals surface area contributed by atoms with Gasteiger partial charge in [-0.3, -0.25) is 9.69 Å². The highest BCUT2D eigenvalue weighted by Gasteiger charge is 2.61. The van der Waals surface area contributed by atoms with E-state index in [4.69, 9.17) is 0 Å². The number of halogens is 3. The average Bonchev–Trinajstić information content (AvgIpc) is 3.50. The summed E-state index contributed by atoms with van der Waals surface area (Å²) in [6.07, 6.45) is 8.54. The van der Waals surface area contributed by atoms with Crippen molar-refractivity contribution in [3.63, 3.8) is 0 Å². The Morgan fingerprint density at radius 1 is 1.12 bits per heavy atom. The average molecular weight is 560 g/mol. The highest BCUT2D eigenvalue weighted by atomic mass is 127. The maximum Gasteiger partial charge on any atom is 0.252 e. The lowest BCUT2D eigenvalue weighted by atomic mass is 9.77. The van der Waals surface area contributed by atoms with Gasteiger partial charge in [0.1, 0.15) is 17.2 Å². The van der Waals surface area contributed by atoms with Gasteiger partial charge in [0, 0.05) is 46.7 Å². The van der Waals surface area contributed by atoms with Crippen molar-refractivity contribution in [1.29, 1.82) is 0 Å². The summed E-state index contributed by atoms with van der Waals surface area (Å²) in [5.41, 5.74) is 1.99. The minimum absolute atomic E-state index is 0.00465. The molecule has 0 N–H and O–H groups in total. The number of hydrogen-bond acceptors (Lipinski definition) is 3. The molecule has 2 aliphatic heterocycles. The molecule has 0 bridgehead atoms. The molecule has 1 spiro atoms. The summed E-state index contributed by atoms with van der Waals surface area (Å²) in [6.45, 7) is 0.908. The van der Waals surface area contributed by atoms with Crippen LogP contribution in [0.3, 0.4) is 0 Å². The molecule has 8 heteroatoms. The van der Waals surface area contributed by atoms with E-state index < -0.39 is 17.2 Å². The van der Waals surface area contributed by atoms with Crippen molar-refractivity contribution in [2.24, 2.45) is 0 Å². The van der Waals surface area contributed by atoms with E-state index in [9.17, 15) is 9.18 Å². The number of para-hydroxylation sites is 1. The Kier molecular flexibility index (Phi) is 5.06. The van der Waals surface area contributed by atoms with Crippen LogP contribution in [0.5, 0.6) is 0 Å². The van der Waals surface area contributed by atoms with Crippen LogP contribution < -0.4 is 4.90 Å². The van der Waals surface area contributed by atoms with E-state index in [1.807, 2.05) is 47.1 Å². The number of carbonyl (C=O) groups excluding carboxylic acids is 1.